The summed E-state index contributed by atoms with van der Waals surface area (Å²) in [5.74, 6) is -0.749. The first kappa shape index (κ1) is 16.2. The number of aryl methyl sites for hydroxylation is 1. The molecule has 0 aliphatic rings. The van der Waals surface area contributed by atoms with Crippen molar-refractivity contribution in [3.8, 4) is 0 Å². The normalized spacial score (nSPS) is 10.2. The molecule has 0 aliphatic heterocycles. The zero-order valence-corrected chi connectivity index (χ0v) is 12.4. The topological polar surface area (TPSA) is 52.6 Å². The van der Waals surface area contributed by atoms with Gasteiger partial charge in [-0.15, -0.1) is 0 Å². The fraction of sp³-hybridized carbons (Fsp3) is 0.500. The maximum Gasteiger partial charge on any atom is 0.338 e. The van der Waals surface area contributed by atoms with E-state index in [9.17, 15) is 9.59 Å². The van der Waals surface area contributed by atoms with Crippen LogP contribution in [0.1, 0.15) is 48.2 Å². The molecule has 0 aromatic heterocycles. The van der Waals surface area contributed by atoms with Gasteiger partial charge in [0.25, 0.3) is 0 Å². The molecule has 4 nitrogen and oxygen atoms in total. The van der Waals surface area contributed by atoms with Crippen LogP contribution in [0.2, 0.25) is 0 Å². The van der Waals surface area contributed by atoms with Gasteiger partial charge in [-0.3, -0.25) is 4.79 Å². The second-order valence-electron chi connectivity index (χ2n) is 4.57. The molecular weight excluding hydrogens is 256 g/mol. The molecule has 0 atom stereocenters. The summed E-state index contributed by atoms with van der Waals surface area (Å²) >= 11 is 0. The first-order valence-electron chi connectivity index (χ1n) is 6.98. The lowest BCUT2D eigenvalue weighted by atomic mass is 9.99. The van der Waals surface area contributed by atoms with E-state index >= 15 is 0 Å². The van der Waals surface area contributed by atoms with E-state index in [0.29, 0.717) is 17.7 Å². The van der Waals surface area contributed by atoms with Crippen molar-refractivity contribution in [1.29, 1.82) is 0 Å². The molecule has 0 spiro atoms. The number of carbonyl (C=O) groups excluding carboxylic acids is 2. The number of esters is 2. The molecule has 1 aromatic rings. The average Bonchev–Trinajstić information content (AvgIpc) is 2.46. The molecule has 0 radical (unpaired) electrons. The third kappa shape index (κ3) is 4.68. The Hall–Kier alpha value is -1.84. The van der Waals surface area contributed by atoms with Gasteiger partial charge in [-0.2, -0.15) is 0 Å². The highest BCUT2D eigenvalue weighted by atomic mass is 16.5. The Morgan fingerprint density at radius 1 is 1.20 bits per heavy atom. The van der Waals surface area contributed by atoms with Crippen molar-refractivity contribution in [3.63, 3.8) is 0 Å². The van der Waals surface area contributed by atoms with Crippen LogP contribution in [-0.2, 0) is 27.1 Å². The van der Waals surface area contributed by atoms with E-state index in [4.69, 9.17) is 4.74 Å². The molecule has 4 heteroatoms. The van der Waals surface area contributed by atoms with Crippen molar-refractivity contribution < 1.29 is 19.1 Å². The van der Waals surface area contributed by atoms with Crippen molar-refractivity contribution in [1.82, 2.24) is 0 Å². The molecule has 0 unspecified atom stereocenters. The molecule has 0 N–H and O–H groups in total. The van der Waals surface area contributed by atoms with E-state index < -0.39 is 0 Å². The summed E-state index contributed by atoms with van der Waals surface area (Å²) in [6, 6.07) is 5.59. The van der Waals surface area contributed by atoms with E-state index in [1.54, 1.807) is 6.92 Å². The van der Waals surface area contributed by atoms with Crippen molar-refractivity contribution in [2.24, 2.45) is 0 Å². The Balaban J connectivity index is 3.02. The van der Waals surface area contributed by atoms with E-state index in [1.165, 1.54) is 7.11 Å². The number of ether oxygens (including phenoxy) is 2. The highest BCUT2D eigenvalue weighted by Gasteiger charge is 2.16. The van der Waals surface area contributed by atoms with Crippen LogP contribution in [0.25, 0.3) is 0 Å². The van der Waals surface area contributed by atoms with Crippen molar-refractivity contribution >= 4 is 11.9 Å². The molecule has 20 heavy (non-hydrogen) atoms. The van der Waals surface area contributed by atoms with E-state index in [-0.39, 0.29) is 18.4 Å². The third-order valence-electron chi connectivity index (χ3n) is 3.05. The second kappa shape index (κ2) is 8.35. The number of rotatable bonds is 7. The van der Waals surface area contributed by atoms with Gasteiger partial charge in [-0.1, -0.05) is 25.5 Å². The molecule has 1 aromatic carbocycles. The summed E-state index contributed by atoms with van der Waals surface area (Å²) in [5.41, 5.74) is 2.20. The van der Waals surface area contributed by atoms with Gasteiger partial charge in [-0.25, -0.2) is 4.79 Å². The Labute approximate surface area is 120 Å². The minimum Gasteiger partial charge on any atom is -0.469 e. The summed E-state index contributed by atoms with van der Waals surface area (Å²) in [4.78, 5) is 23.4. The first-order chi connectivity index (χ1) is 9.62. The number of hydrogen-bond donors (Lipinski definition) is 0. The smallest absolute Gasteiger partial charge is 0.338 e. The second-order valence-corrected chi connectivity index (χ2v) is 4.57. The monoisotopic (exact) mass is 278 g/mol. The van der Waals surface area contributed by atoms with Crippen LogP contribution in [0, 0.1) is 0 Å². The van der Waals surface area contributed by atoms with E-state index in [2.05, 4.69) is 11.7 Å². The summed E-state index contributed by atoms with van der Waals surface area (Å²) in [7, 11) is 1.34. The van der Waals surface area contributed by atoms with Crippen LogP contribution in [0.3, 0.4) is 0 Å². The van der Waals surface area contributed by atoms with Gasteiger partial charge in [0, 0.05) is 0 Å². The lowest BCUT2D eigenvalue weighted by Gasteiger charge is -2.10. The highest BCUT2D eigenvalue weighted by molar-refractivity contribution is 5.92. The van der Waals surface area contributed by atoms with Gasteiger partial charge < -0.3 is 9.47 Å². The SMILES string of the molecule is CCCCc1ccc(CC(=O)OC)c(C(=O)OCC)c1. The standard InChI is InChI=1S/C16H22O4/c1-4-6-7-12-8-9-13(11-15(17)19-3)14(10-12)16(18)20-5-2/h8-10H,4-7,11H2,1-3H3. The molecule has 0 aliphatic carbocycles. The summed E-state index contributed by atoms with van der Waals surface area (Å²) in [5, 5.41) is 0. The maximum atomic E-state index is 12.0. The minimum absolute atomic E-state index is 0.0820. The van der Waals surface area contributed by atoms with Gasteiger partial charge in [0.15, 0.2) is 0 Å². The molecule has 0 heterocycles. The number of carbonyl (C=O) groups is 2. The van der Waals surface area contributed by atoms with Gasteiger partial charge in [-0.05, 0) is 37.0 Å². The van der Waals surface area contributed by atoms with Crippen LogP contribution in [0.4, 0.5) is 0 Å². The fourth-order valence-electron chi connectivity index (χ4n) is 1.94. The zero-order chi connectivity index (χ0) is 15.0. The Morgan fingerprint density at radius 3 is 2.55 bits per heavy atom. The number of unbranched alkanes of at least 4 members (excludes halogenated alkanes) is 1. The molecule has 0 bridgehead atoms. The lowest BCUT2D eigenvalue weighted by Crippen LogP contribution is -2.13. The van der Waals surface area contributed by atoms with Gasteiger partial charge in [0.2, 0.25) is 0 Å². The Kier molecular flexibility index (Phi) is 6.77. The predicted octanol–water partition coefficient (Wildman–Crippen LogP) is 2.92. The van der Waals surface area contributed by atoms with Gasteiger partial charge in [0.05, 0.1) is 25.7 Å². The molecule has 1 rings (SSSR count). The molecule has 0 saturated carbocycles. The van der Waals surface area contributed by atoms with Crippen molar-refractivity contribution in [3.05, 3.63) is 34.9 Å². The molecule has 0 fully saturated rings. The number of methoxy groups -OCH3 is 1. The van der Waals surface area contributed by atoms with Crippen LogP contribution in [0.5, 0.6) is 0 Å². The quantitative estimate of drug-likeness (QED) is 0.720. The van der Waals surface area contributed by atoms with Crippen LogP contribution < -0.4 is 0 Å². The minimum atomic E-state index is -0.384. The average molecular weight is 278 g/mol. The maximum absolute atomic E-state index is 12.0. The first-order valence-corrected chi connectivity index (χ1v) is 6.98. The predicted molar refractivity (Wildman–Crippen MR) is 76.7 cm³/mol. The Morgan fingerprint density at radius 2 is 1.95 bits per heavy atom. The number of benzene rings is 1. The molecule has 0 saturated heterocycles. The van der Waals surface area contributed by atoms with Crippen LogP contribution >= 0.6 is 0 Å². The molecular formula is C16H22O4. The molecule has 110 valence electrons. The van der Waals surface area contributed by atoms with Crippen LogP contribution in [0.15, 0.2) is 18.2 Å². The van der Waals surface area contributed by atoms with Crippen molar-refractivity contribution in [2.75, 3.05) is 13.7 Å². The summed E-state index contributed by atoms with van der Waals surface area (Å²) < 4.78 is 9.71. The Bertz CT molecular complexity index is 466. The summed E-state index contributed by atoms with van der Waals surface area (Å²) in [6.45, 7) is 4.20. The van der Waals surface area contributed by atoms with E-state index in [0.717, 1.165) is 24.8 Å². The van der Waals surface area contributed by atoms with Gasteiger partial charge >= 0.3 is 11.9 Å². The number of hydrogen-bond acceptors (Lipinski definition) is 4. The molecule has 0 amide bonds. The highest BCUT2D eigenvalue weighted by Crippen LogP contribution is 2.16. The fourth-order valence-corrected chi connectivity index (χ4v) is 1.94. The third-order valence-corrected chi connectivity index (χ3v) is 3.05. The summed E-state index contributed by atoms with van der Waals surface area (Å²) in [6.07, 6.45) is 3.16. The van der Waals surface area contributed by atoms with Crippen molar-refractivity contribution in [2.45, 2.75) is 39.5 Å². The zero-order valence-electron chi connectivity index (χ0n) is 12.4. The van der Waals surface area contributed by atoms with Crippen LogP contribution in [-0.4, -0.2) is 25.7 Å². The van der Waals surface area contributed by atoms with E-state index in [1.807, 2.05) is 18.2 Å². The van der Waals surface area contributed by atoms with Gasteiger partial charge in [0.1, 0.15) is 0 Å². The largest absolute Gasteiger partial charge is 0.469 e. The lowest BCUT2D eigenvalue weighted by molar-refractivity contribution is -0.139.